The molecule has 0 radical (unpaired) electrons. The number of hydrogen-bond donors (Lipinski definition) is 6. The monoisotopic (exact) mass is 734 g/mol. The number of urea groups is 2. The minimum atomic E-state index is -0.115. The molecule has 10 heteroatoms. The summed E-state index contributed by atoms with van der Waals surface area (Å²) in [6, 6.07) is 41.6. The van der Waals surface area contributed by atoms with Crippen LogP contribution in [-0.2, 0) is 0 Å². The van der Waals surface area contributed by atoms with Crippen LogP contribution < -0.4 is 31.9 Å². The van der Waals surface area contributed by atoms with Crippen molar-refractivity contribution in [3.63, 3.8) is 0 Å². The molecule has 0 saturated carbocycles. The highest BCUT2D eigenvalue weighted by Gasteiger charge is 2.15. The van der Waals surface area contributed by atoms with Crippen molar-refractivity contribution in [2.45, 2.75) is 43.9 Å². The number of nitrogens with one attached hydrogen (secondary N) is 6. The summed E-state index contributed by atoms with van der Waals surface area (Å²) in [6.45, 7) is 6.07. The van der Waals surface area contributed by atoms with E-state index in [0.29, 0.717) is 26.2 Å². The molecule has 0 aliphatic carbocycles. The zero-order valence-electron chi connectivity index (χ0n) is 29.5. The molecule has 4 aromatic rings. The molecule has 0 atom stereocenters. The van der Waals surface area contributed by atoms with Crippen molar-refractivity contribution in [3.8, 4) is 0 Å². The maximum Gasteiger partial charge on any atom is 0.314 e. The van der Waals surface area contributed by atoms with E-state index < -0.39 is 0 Å². The van der Waals surface area contributed by atoms with Crippen LogP contribution >= 0.6 is 24.8 Å². The lowest BCUT2D eigenvalue weighted by Crippen LogP contribution is -2.38. The lowest BCUT2D eigenvalue weighted by atomic mass is 9.88. The molecule has 0 spiro atoms. The van der Waals surface area contributed by atoms with E-state index in [2.05, 4.69) is 129 Å². The largest absolute Gasteiger partial charge is 0.338 e. The SMILES string of the molecule is Cl.Cl.O=C(NCCCNCCCNCCCNC(=O)NCCC(c1ccccc1)c1ccccc1)NCCC(c1ccccc1)c1ccccc1. The number of carbonyl (C=O) groups is 2. The third kappa shape index (κ3) is 17.1. The Kier molecular flexibility index (Phi) is 22.5. The Bertz CT molecular complexity index is 1260. The predicted molar refractivity (Wildman–Crippen MR) is 216 cm³/mol. The van der Waals surface area contributed by atoms with E-state index in [4.69, 9.17) is 0 Å². The average molecular weight is 736 g/mol. The second-order valence-electron chi connectivity index (χ2n) is 12.3. The highest BCUT2D eigenvalue weighted by Crippen LogP contribution is 2.28. The van der Waals surface area contributed by atoms with Crippen LogP contribution in [0.15, 0.2) is 121 Å². The summed E-state index contributed by atoms with van der Waals surface area (Å²) in [4.78, 5) is 24.6. The molecular weight excluding hydrogens is 679 g/mol. The molecule has 0 aliphatic rings. The van der Waals surface area contributed by atoms with E-state index in [0.717, 1.165) is 58.3 Å². The molecule has 276 valence electrons. The van der Waals surface area contributed by atoms with Crippen LogP contribution in [-0.4, -0.2) is 64.4 Å². The zero-order chi connectivity index (χ0) is 34.2. The lowest BCUT2D eigenvalue weighted by Gasteiger charge is -2.18. The summed E-state index contributed by atoms with van der Waals surface area (Å²) in [5, 5.41) is 18.9. The minimum absolute atomic E-state index is 0. The molecule has 0 fully saturated rings. The van der Waals surface area contributed by atoms with Crippen LogP contribution in [0.5, 0.6) is 0 Å². The lowest BCUT2D eigenvalue weighted by molar-refractivity contribution is 0.239. The molecular formula is C41H56Cl2N6O2. The van der Waals surface area contributed by atoms with Gasteiger partial charge in [-0.05, 0) is 80.5 Å². The van der Waals surface area contributed by atoms with Crippen molar-refractivity contribution in [2.75, 3.05) is 52.4 Å². The molecule has 0 saturated heterocycles. The zero-order valence-corrected chi connectivity index (χ0v) is 31.2. The molecule has 6 N–H and O–H groups in total. The summed E-state index contributed by atoms with van der Waals surface area (Å²) in [5.41, 5.74) is 5.05. The third-order valence-corrected chi connectivity index (χ3v) is 8.58. The summed E-state index contributed by atoms with van der Waals surface area (Å²) in [5.74, 6) is 0.499. The Labute approximate surface area is 317 Å². The highest BCUT2D eigenvalue weighted by atomic mass is 35.5. The van der Waals surface area contributed by atoms with Gasteiger partial charge in [0.05, 0.1) is 0 Å². The van der Waals surface area contributed by atoms with E-state index >= 15 is 0 Å². The molecule has 4 rings (SSSR count). The van der Waals surface area contributed by atoms with E-state index in [9.17, 15) is 9.59 Å². The maximum absolute atomic E-state index is 12.3. The van der Waals surface area contributed by atoms with Gasteiger partial charge in [-0.3, -0.25) is 0 Å². The van der Waals surface area contributed by atoms with Gasteiger partial charge in [-0.25, -0.2) is 9.59 Å². The van der Waals surface area contributed by atoms with Crippen molar-refractivity contribution in [2.24, 2.45) is 0 Å². The van der Waals surface area contributed by atoms with Crippen molar-refractivity contribution in [1.82, 2.24) is 31.9 Å². The first-order chi connectivity index (χ1) is 24.2. The van der Waals surface area contributed by atoms with E-state index in [1.807, 2.05) is 24.3 Å². The highest BCUT2D eigenvalue weighted by molar-refractivity contribution is 5.85. The van der Waals surface area contributed by atoms with Gasteiger partial charge in [0.15, 0.2) is 0 Å². The summed E-state index contributed by atoms with van der Waals surface area (Å²) in [7, 11) is 0. The summed E-state index contributed by atoms with van der Waals surface area (Å²) < 4.78 is 0. The number of rotatable bonds is 22. The second-order valence-corrected chi connectivity index (χ2v) is 12.3. The Balaban J connectivity index is 0.00000451. The Morgan fingerprint density at radius 2 is 0.627 bits per heavy atom. The number of carbonyl (C=O) groups excluding carboxylic acids is 2. The van der Waals surface area contributed by atoms with Crippen molar-refractivity contribution >= 4 is 36.9 Å². The quantitative estimate of drug-likeness (QED) is 0.0480. The van der Waals surface area contributed by atoms with Crippen LogP contribution in [0.1, 0.15) is 66.2 Å². The Hall–Kier alpha value is -4.08. The topological polar surface area (TPSA) is 106 Å². The second kappa shape index (κ2) is 26.7. The van der Waals surface area contributed by atoms with Crippen LogP contribution in [0.4, 0.5) is 9.59 Å². The molecule has 0 aromatic heterocycles. The van der Waals surface area contributed by atoms with Gasteiger partial charge in [0.25, 0.3) is 0 Å². The van der Waals surface area contributed by atoms with Gasteiger partial charge < -0.3 is 31.9 Å². The first-order valence-corrected chi connectivity index (χ1v) is 17.9. The average Bonchev–Trinajstić information content (AvgIpc) is 3.15. The smallest absolute Gasteiger partial charge is 0.314 e. The maximum atomic E-state index is 12.3. The van der Waals surface area contributed by atoms with E-state index in [-0.39, 0.29) is 48.7 Å². The Morgan fingerprint density at radius 1 is 0.373 bits per heavy atom. The van der Waals surface area contributed by atoms with Crippen molar-refractivity contribution < 1.29 is 9.59 Å². The van der Waals surface area contributed by atoms with Crippen LogP contribution in [0.25, 0.3) is 0 Å². The summed E-state index contributed by atoms with van der Waals surface area (Å²) in [6.07, 6.45) is 4.47. The van der Waals surface area contributed by atoms with Crippen LogP contribution in [0.3, 0.4) is 0 Å². The molecule has 51 heavy (non-hydrogen) atoms. The fourth-order valence-corrected chi connectivity index (χ4v) is 6.00. The van der Waals surface area contributed by atoms with E-state index in [1.165, 1.54) is 22.3 Å². The molecule has 0 aliphatic heterocycles. The van der Waals surface area contributed by atoms with Crippen LogP contribution in [0.2, 0.25) is 0 Å². The normalized spacial score (nSPS) is 10.5. The molecule has 4 amide bonds. The predicted octanol–water partition coefficient (Wildman–Crippen LogP) is 7.22. The van der Waals surface area contributed by atoms with Crippen LogP contribution in [0, 0.1) is 0 Å². The van der Waals surface area contributed by atoms with Gasteiger partial charge in [0.1, 0.15) is 0 Å². The minimum Gasteiger partial charge on any atom is -0.338 e. The molecule has 8 nitrogen and oxygen atoms in total. The Morgan fingerprint density at radius 3 is 0.922 bits per heavy atom. The van der Waals surface area contributed by atoms with Crippen molar-refractivity contribution in [3.05, 3.63) is 144 Å². The molecule has 4 aromatic carbocycles. The van der Waals surface area contributed by atoms with Gasteiger partial charge in [-0.1, -0.05) is 121 Å². The molecule has 0 heterocycles. The summed E-state index contributed by atoms with van der Waals surface area (Å²) >= 11 is 0. The van der Waals surface area contributed by atoms with Gasteiger partial charge in [0, 0.05) is 38.0 Å². The van der Waals surface area contributed by atoms with Gasteiger partial charge in [-0.2, -0.15) is 0 Å². The van der Waals surface area contributed by atoms with Gasteiger partial charge in [-0.15, -0.1) is 24.8 Å². The third-order valence-electron chi connectivity index (χ3n) is 8.58. The number of halogens is 2. The van der Waals surface area contributed by atoms with Crippen molar-refractivity contribution in [1.29, 1.82) is 0 Å². The molecule has 0 unspecified atom stereocenters. The number of benzene rings is 4. The number of hydrogen-bond acceptors (Lipinski definition) is 4. The molecule has 0 bridgehead atoms. The van der Waals surface area contributed by atoms with E-state index in [1.54, 1.807) is 0 Å². The first-order valence-electron chi connectivity index (χ1n) is 17.9. The fourth-order valence-electron chi connectivity index (χ4n) is 6.00. The first kappa shape index (κ1) is 43.1. The van der Waals surface area contributed by atoms with Gasteiger partial charge >= 0.3 is 12.1 Å². The fraction of sp³-hybridized carbons (Fsp3) is 0.366. The standard InChI is InChI=1S/C41H54N6O2.2ClH/c48-40(46-32-24-38(34-16-5-1-6-17-34)35-18-7-2-8-19-35)44-30-14-28-42-26-13-27-43-29-15-31-45-41(49)47-33-25-39(36-20-9-3-10-21-36)37-22-11-4-12-23-37;;/h1-12,16-23,38-39,42-43H,13-15,24-33H2,(H2,44,46,48)(H2,45,47,49);2*1H. The van der Waals surface area contributed by atoms with Gasteiger partial charge in [0.2, 0.25) is 0 Å². The number of amides is 4.